The molecule has 4 nitrogen and oxygen atoms in total. The highest BCUT2D eigenvalue weighted by Gasteiger charge is 2.31. The first kappa shape index (κ1) is 14.1. The predicted molar refractivity (Wildman–Crippen MR) is 69.0 cm³/mol. The van der Waals surface area contributed by atoms with Crippen molar-refractivity contribution in [3.05, 3.63) is 0 Å². The Bertz CT molecular complexity index is 181. The molecule has 0 aromatic carbocycles. The minimum atomic E-state index is -1.90. The summed E-state index contributed by atoms with van der Waals surface area (Å²) in [6.45, 7) is 13.5. The molecule has 1 saturated heterocycles. The van der Waals surface area contributed by atoms with Gasteiger partial charge < -0.3 is 19.1 Å². The van der Waals surface area contributed by atoms with Gasteiger partial charge in [-0.1, -0.05) is 0 Å². The van der Waals surface area contributed by atoms with Gasteiger partial charge in [-0.2, -0.15) is 0 Å². The second kappa shape index (κ2) is 7.40. The van der Waals surface area contributed by atoms with Crippen LogP contribution in [0.2, 0.25) is 12.6 Å². The quantitative estimate of drug-likeness (QED) is 0.681. The Morgan fingerprint density at radius 2 is 1.69 bits per heavy atom. The van der Waals surface area contributed by atoms with E-state index in [1.54, 1.807) is 0 Å². The standard InChI is InChI=1S/C11H26N2O2Si/c1-4-14-16(3,15-5-2)11-10-13-8-6-12-7-9-13/h12H,4-11H2,1-3H3. The van der Waals surface area contributed by atoms with Gasteiger partial charge in [0.15, 0.2) is 0 Å². The van der Waals surface area contributed by atoms with Crippen LogP contribution in [0, 0.1) is 0 Å². The van der Waals surface area contributed by atoms with Gasteiger partial charge in [0.2, 0.25) is 0 Å². The highest BCUT2D eigenvalue weighted by atomic mass is 28.4. The summed E-state index contributed by atoms with van der Waals surface area (Å²) >= 11 is 0. The van der Waals surface area contributed by atoms with Gasteiger partial charge in [0.1, 0.15) is 0 Å². The molecule has 0 aromatic heterocycles. The van der Waals surface area contributed by atoms with Gasteiger partial charge in [-0.05, 0) is 20.4 Å². The van der Waals surface area contributed by atoms with Crippen LogP contribution in [0.15, 0.2) is 0 Å². The molecule has 1 aliphatic heterocycles. The maximum Gasteiger partial charge on any atom is 0.336 e. The molecule has 1 rings (SSSR count). The zero-order valence-electron chi connectivity index (χ0n) is 10.9. The van der Waals surface area contributed by atoms with E-state index in [4.69, 9.17) is 8.85 Å². The molecule has 0 aliphatic carbocycles. The van der Waals surface area contributed by atoms with Crippen LogP contribution in [-0.2, 0) is 8.85 Å². The van der Waals surface area contributed by atoms with E-state index >= 15 is 0 Å². The molecule has 5 heteroatoms. The largest absolute Gasteiger partial charge is 0.395 e. The molecule has 0 amide bonds. The van der Waals surface area contributed by atoms with Crippen molar-refractivity contribution in [2.75, 3.05) is 45.9 Å². The van der Waals surface area contributed by atoms with Crippen molar-refractivity contribution in [2.24, 2.45) is 0 Å². The van der Waals surface area contributed by atoms with E-state index in [1.165, 1.54) is 0 Å². The molecular formula is C11H26N2O2Si. The third kappa shape index (κ3) is 4.93. The zero-order valence-corrected chi connectivity index (χ0v) is 11.9. The third-order valence-corrected chi connectivity index (χ3v) is 5.92. The maximum absolute atomic E-state index is 5.84. The van der Waals surface area contributed by atoms with Crippen LogP contribution in [0.25, 0.3) is 0 Å². The van der Waals surface area contributed by atoms with Crippen LogP contribution in [0.4, 0.5) is 0 Å². The van der Waals surface area contributed by atoms with Crippen LogP contribution in [0.1, 0.15) is 13.8 Å². The lowest BCUT2D eigenvalue weighted by atomic mass is 10.4. The zero-order chi connectivity index (χ0) is 11.9. The summed E-state index contributed by atoms with van der Waals surface area (Å²) < 4.78 is 11.7. The Morgan fingerprint density at radius 3 is 2.19 bits per heavy atom. The van der Waals surface area contributed by atoms with Crippen LogP contribution >= 0.6 is 0 Å². The average molecular weight is 246 g/mol. The Labute approximate surface area is 101 Å². The number of nitrogens with one attached hydrogen (secondary N) is 1. The van der Waals surface area contributed by atoms with Crippen molar-refractivity contribution < 1.29 is 8.85 Å². The smallest absolute Gasteiger partial charge is 0.336 e. The van der Waals surface area contributed by atoms with E-state index in [9.17, 15) is 0 Å². The van der Waals surface area contributed by atoms with E-state index < -0.39 is 8.56 Å². The SMILES string of the molecule is CCO[Si](C)(CCN1CCNCC1)OCC. The second-order valence-corrected chi connectivity index (χ2v) is 7.69. The molecule has 1 N–H and O–H groups in total. The molecule has 0 atom stereocenters. The predicted octanol–water partition coefficient (Wildman–Crippen LogP) is 1.04. The van der Waals surface area contributed by atoms with E-state index in [0.29, 0.717) is 0 Å². The second-order valence-electron chi connectivity index (χ2n) is 4.34. The minimum Gasteiger partial charge on any atom is -0.395 e. The molecule has 0 radical (unpaired) electrons. The van der Waals surface area contributed by atoms with Crippen molar-refractivity contribution >= 4 is 8.56 Å². The minimum absolute atomic E-state index is 0.768. The van der Waals surface area contributed by atoms with Crippen molar-refractivity contribution in [1.29, 1.82) is 0 Å². The molecule has 0 aromatic rings. The van der Waals surface area contributed by atoms with E-state index in [2.05, 4.69) is 30.6 Å². The monoisotopic (exact) mass is 246 g/mol. The van der Waals surface area contributed by atoms with Crippen molar-refractivity contribution in [3.8, 4) is 0 Å². The van der Waals surface area contributed by atoms with Gasteiger partial charge in [0.25, 0.3) is 0 Å². The van der Waals surface area contributed by atoms with E-state index in [-0.39, 0.29) is 0 Å². The summed E-state index contributed by atoms with van der Waals surface area (Å²) in [5, 5.41) is 3.37. The Kier molecular flexibility index (Phi) is 6.53. The molecule has 1 fully saturated rings. The summed E-state index contributed by atoms with van der Waals surface area (Å²) in [6, 6.07) is 1.08. The molecule has 1 heterocycles. The van der Waals surface area contributed by atoms with Gasteiger partial charge in [-0.25, -0.2) is 0 Å². The fourth-order valence-electron chi connectivity index (χ4n) is 2.09. The Morgan fingerprint density at radius 1 is 1.12 bits per heavy atom. The van der Waals surface area contributed by atoms with E-state index in [0.717, 1.165) is 52.0 Å². The van der Waals surface area contributed by atoms with Crippen LogP contribution in [-0.4, -0.2) is 59.4 Å². The van der Waals surface area contributed by atoms with Crippen molar-refractivity contribution in [1.82, 2.24) is 10.2 Å². The van der Waals surface area contributed by atoms with Gasteiger partial charge in [-0.15, -0.1) is 0 Å². The first-order valence-electron chi connectivity index (χ1n) is 6.41. The van der Waals surface area contributed by atoms with Gasteiger partial charge in [-0.3, -0.25) is 0 Å². The molecule has 16 heavy (non-hydrogen) atoms. The summed E-state index contributed by atoms with van der Waals surface area (Å²) in [4.78, 5) is 2.50. The molecule has 1 aliphatic rings. The summed E-state index contributed by atoms with van der Waals surface area (Å²) in [5.74, 6) is 0. The van der Waals surface area contributed by atoms with Gasteiger partial charge in [0.05, 0.1) is 0 Å². The highest BCUT2D eigenvalue weighted by molar-refractivity contribution is 6.66. The van der Waals surface area contributed by atoms with Crippen LogP contribution < -0.4 is 5.32 Å². The maximum atomic E-state index is 5.84. The summed E-state index contributed by atoms with van der Waals surface area (Å²) in [6.07, 6.45) is 0. The van der Waals surface area contributed by atoms with Crippen molar-refractivity contribution in [3.63, 3.8) is 0 Å². The Balaban J connectivity index is 2.30. The van der Waals surface area contributed by atoms with Crippen LogP contribution in [0.5, 0.6) is 0 Å². The summed E-state index contributed by atoms with van der Waals surface area (Å²) in [7, 11) is -1.90. The van der Waals surface area contributed by atoms with Crippen LogP contribution in [0.3, 0.4) is 0 Å². The molecule has 0 spiro atoms. The normalized spacial score (nSPS) is 18.9. The lowest BCUT2D eigenvalue weighted by Crippen LogP contribution is -2.47. The van der Waals surface area contributed by atoms with E-state index in [1.807, 2.05) is 0 Å². The molecule has 0 bridgehead atoms. The third-order valence-electron chi connectivity index (χ3n) is 2.99. The number of hydrogen-bond acceptors (Lipinski definition) is 4. The summed E-state index contributed by atoms with van der Waals surface area (Å²) in [5.41, 5.74) is 0. The number of rotatable bonds is 7. The molecule has 0 saturated carbocycles. The number of nitrogens with zero attached hydrogens (tertiary/aromatic N) is 1. The first-order valence-corrected chi connectivity index (χ1v) is 8.93. The Hall–Kier alpha value is 0.0569. The van der Waals surface area contributed by atoms with Gasteiger partial charge >= 0.3 is 8.56 Å². The highest BCUT2D eigenvalue weighted by Crippen LogP contribution is 2.14. The topological polar surface area (TPSA) is 33.7 Å². The lowest BCUT2D eigenvalue weighted by molar-refractivity contribution is 0.178. The van der Waals surface area contributed by atoms with Gasteiger partial charge in [0, 0.05) is 52.0 Å². The van der Waals surface area contributed by atoms with Crippen molar-refractivity contribution in [2.45, 2.75) is 26.4 Å². The number of hydrogen-bond donors (Lipinski definition) is 1. The average Bonchev–Trinajstić information content (AvgIpc) is 2.29. The molecular weight excluding hydrogens is 220 g/mol. The lowest BCUT2D eigenvalue weighted by Gasteiger charge is -2.31. The molecule has 0 unspecified atom stereocenters. The molecule has 96 valence electrons. The fraction of sp³-hybridized carbons (Fsp3) is 1.00. The first-order chi connectivity index (χ1) is 7.70. The fourth-order valence-corrected chi connectivity index (χ4v) is 4.41. The number of piperazine rings is 1.